The summed E-state index contributed by atoms with van der Waals surface area (Å²) in [6, 6.07) is 22.0. The van der Waals surface area contributed by atoms with E-state index in [4.69, 9.17) is 0 Å². The predicted octanol–water partition coefficient (Wildman–Crippen LogP) is 5.59. The molecule has 3 aromatic carbocycles. The van der Waals surface area contributed by atoms with Crippen LogP contribution >= 0.6 is 0 Å². The van der Waals surface area contributed by atoms with Crippen molar-refractivity contribution in [3.8, 4) is 11.1 Å². The molecule has 0 fully saturated rings. The first-order chi connectivity index (χ1) is 17.9. The SMILES string of the molecule is CC(C)Nc1ncc(-c2ccc3c(c2)NC(=O)/C3=C(\Nc2ccc(C(=O)O)cc2)c2ccccc2)cn1. The topological polar surface area (TPSA) is 116 Å². The van der Waals surface area contributed by atoms with Gasteiger partial charge in [0.1, 0.15) is 0 Å². The highest BCUT2D eigenvalue weighted by Crippen LogP contribution is 2.39. The van der Waals surface area contributed by atoms with Gasteiger partial charge >= 0.3 is 5.97 Å². The fourth-order valence-corrected chi connectivity index (χ4v) is 4.13. The van der Waals surface area contributed by atoms with E-state index in [0.717, 1.165) is 22.3 Å². The molecule has 8 nitrogen and oxygen atoms in total. The number of anilines is 3. The van der Waals surface area contributed by atoms with Crippen LogP contribution in [0.25, 0.3) is 22.4 Å². The third-order valence-electron chi connectivity index (χ3n) is 5.88. The minimum absolute atomic E-state index is 0.188. The zero-order valence-electron chi connectivity index (χ0n) is 20.3. The van der Waals surface area contributed by atoms with Crippen molar-refractivity contribution in [2.45, 2.75) is 19.9 Å². The number of hydrogen-bond donors (Lipinski definition) is 4. The molecule has 5 rings (SSSR count). The number of nitrogens with zero attached hydrogens (tertiary/aromatic N) is 2. The monoisotopic (exact) mass is 491 g/mol. The van der Waals surface area contributed by atoms with Crippen LogP contribution in [0.5, 0.6) is 0 Å². The normalized spacial score (nSPS) is 13.6. The van der Waals surface area contributed by atoms with E-state index in [1.54, 1.807) is 24.5 Å². The Morgan fingerprint density at radius 3 is 2.24 bits per heavy atom. The summed E-state index contributed by atoms with van der Waals surface area (Å²) in [4.78, 5) is 33.3. The zero-order valence-corrected chi connectivity index (χ0v) is 20.3. The number of rotatable bonds is 7. The Hall–Kier alpha value is -4.98. The summed E-state index contributed by atoms with van der Waals surface area (Å²) in [6.45, 7) is 4.05. The second-order valence-electron chi connectivity index (χ2n) is 8.93. The van der Waals surface area contributed by atoms with E-state index in [0.29, 0.717) is 28.6 Å². The highest BCUT2D eigenvalue weighted by atomic mass is 16.4. The molecule has 1 aromatic heterocycles. The Kier molecular flexibility index (Phi) is 6.38. The average molecular weight is 492 g/mol. The standard InChI is InChI=1S/C29H25N5O3/c1-17(2)32-29-30-15-21(16-31-29)20-10-13-23-24(14-20)34-27(35)25(23)26(18-6-4-3-5-7-18)33-22-11-8-19(9-12-22)28(36)37/h3-17,33H,1-2H3,(H,34,35)(H,36,37)(H,30,31,32)/b26-25-. The molecule has 1 aliphatic rings. The van der Waals surface area contributed by atoms with E-state index in [9.17, 15) is 14.7 Å². The van der Waals surface area contributed by atoms with Crippen molar-refractivity contribution in [2.75, 3.05) is 16.0 Å². The van der Waals surface area contributed by atoms with E-state index < -0.39 is 5.97 Å². The van der Waals surface area contributed by atoms with Gasteiger partial charge in [-0.2, -0.15) is 0 Å². The molecule has 0 radical (unpaired) electrons. The lowest BCUT2D eigenvalue weighted by Gasteiger charge is -2.15. The Balaban J connectivity index is 1.54. The molecule has 4 N–H and O–H groups in total. The molecule has 184 valence electrons. The third kappa shape index (κ3) is 5.04. The number of fused-ring (bicyclic) bond motifs is 1. The van der Waals surface area contributed by atoms with Crippen LogP contribution in [0, 0.1) is 0 Å². The van der Waals surface area contributed by atoms with Gasteiger partial charge in [0.2, 0.25) is 5.95 Å². The van der Waals surface area contributed by atoms with Crippen LogP contribution in [0.4, 0.5) is 17.3 Å². The maximum atomic E-state index is 13.3. The summed E-state index contributed by atoms with van der Waals surface area (Å²) in [6.07, 6.45) is 3.51. The van der Waals surface area contributed by atoms with Crippen LogP contribution in [0.3, 0.4) is 0 Å². The van der Waals surface area contributed by atoms with E-state index in [2.05, 4.69) is 25.9 Å². The van der Waals surface area contributed by atoms with Crippen molar-refractivity contribution in [1.29, 1.82) is 0 Å². The summed E-state index contributed by atoms with van der Waals surface area (Å²) in [7, 11) is 0. The van der Waals surface area contributed by atoms with Gasteiger partial charge in [0.05, 0.1) is 16.8 Å². The van der Waals surface area contributed by atoms with Gasteiger partial charge in [-0.05, 0) is 55.3 Å². The molecule has 8 heteroatoms. The lowest BCUT2D eigenvalue weighted by molar-refractivity contribution is -0.110. The van der Waals surface area contributed by atoms with Crippen molar-refractivity contribution in [1.82, 2.24) is 9.97 Å². The molecule has 0 bridgehead atoms. The van der Waals surface area contributed by atoms with Gasteiger partial charge < -0.3 is 21.1 Å². The number of carboxylic acids is 1. The average Bonchev–Trinajstić information content (AvgIpc) is 3.22. The van der Waals surface area contributed by atoms with Gasteiger partial charge in [0.25, 0.3) is 5.91 Å². The number of carbonyl (C=O) groups excluding carboxylic acids is 1. The van der Waals surface area contributed by atoms with E-state index in [1.165, 1.54) is 12.1 Å². The van der Waals surface area contributed by atoms with Crippen molar-refractivity contribution in [3.05, 3.63) is 102 Å². The van der Waals surface area contributed by atoms with E-state index in [1.807, 2.05) is 62.4 Å². The Labute approximate surface area is 214 Å². The van der Waals surface area contributed by atoms with Crippen molar-refractivity contribution >= 4 is 40.5 Å². The molecule has 2 heterocycles. The molecule has 1 amide bonds. The molecule has 0 aliphatic carbocycles. The number of carbonyl (C=O) groups is 2. The maximum Gasteiger partial charge on any atom is 0.335 e. The summed E-state index contributed by atoms with van der Waals surface area (Å²) < 4.78 is 0. The van der Waals surface area contributed by atoms with Gasteiger partial charge in [0, 0.05) is 40.9 Å². The molecule has 0 saturated carbocycles. The lowest BCUT2D eigenvalue weighted by atomic mass is 9.98. The molecular weight excluding hydrogens is 466 g/mol. The minimum atomic E-state index is -0.996. The fourth-order valence-electron chi connectivity index (χ4n) is 4.13. The molecule has 0 spiro atoms. The fraction of sp³-hybridized carbons (Fsp3) is 0.103. The molecule has 0 saturated heterocycles. The quantitative estimate of drug-likeness (QED) is 0.249. The maximum absolute atomic E-state index is 13.3. The zero-order chi connectivity index (χ0) is 25.9. The van der Waals surface area contributed by atoms with Gasteiger partial charge in [0.15, 0.2) is 0 Å². The van der Waals surface area contributed by atoms with Crippen molar-refractivity contribution < 1.29 is 14.7 Å². The summed E-state index contributed by atoms with van der Waals surface area (Å²) >= 11 is 0. The van der Waals surface area contributed by atoms with Crippen LogP contribution in [-0.2, 0) is 4.79 Å². The largest absolute Gasteiger partial charge is 0.478 e. The van der Waals surface area contributed by atoms with Crippen LogP contribution in [0.15, 0.2) is 85.2 Å². The third-order valence-corrected chi connectivity index (χ3v) is 5.88. The van der Waals surface area contributed by atoms with E-state index in [-0.39, 0.29) is 17.5 Å². The van der Waals surface area contributed by atoms with Gasteiger partial charge in [-0.25, -0.2) is 14.8 Å². The van der Waals surface area contributed by atoms with Crippen LogP contribution in [-0.4, -0.2) is 33.0 Å². The van der Waals surface area contributed by atoms with Crippen LogP contribution in [0.2, 0.25) is 0 Å². The number of amides is 1. The van der Waals surface area contributed by atoms with Gasteiger partial charge in [-0.15, -0.1) is 0 Å². The highest BCUT2D eigenvalue weighted by molar-refractivity contribution is 6.37. The number of aromatic carboxylic acids is 1. The number of aromatic nitrogens is 2. The second kappa shape index (κ2) is 9.94. The molecule has 0 unspecified atom stereocenters. The molecule has 1 aliphatic heterocycles. The molecule has 37 heavy (non-hydrogen) atoms. The Morgan fingerprint density at radius 1 is 0.892 bits per heavy atom. The van der Waals surface area contributed by atoms with Crippen LogP contribution < -0.4 is 16.0 Å². The Morgan fingerprint density at radius 2 is 1.59 bits per heavy atom. The molecular formula is C29H25N5O3. The number of nitrogens with one attached hydrogen (secondary N) is 3. The van der Waals surface area contributed by atoms with Crippen LogP contribution in [0.1, 0.15) is 35.3 Å². The van der Waals surface area contributed by atoms with Gasteiger partial charge in [-0.3, -0.25) is 4.79 Å². The summed E-state index contributed by atoms with van der Waals surface area (Å²) in [5, 5.41) is 18.7. The predicted molar refractivity (Wildman–Crippen MR) is 145 cm³/mol. The Bertz CT molecular complexity index is 1500. The minimum Gasteiger partial charge on any atom is -0.478 e. The first-order valence-corrected chi connectivity index (χ1v) is 11.8. The number of benzene rings is 3. The highest BCUT2D eigenvalue weighted by Gasteiger charge is 2.29. The van der Waals surface area contributed by atoms with Crippen molar-refractivity contribution in [2.24, 2.45) is 0 Å². The first-order valence-electron chi connectivity index (χ1n) is 11.8. The van der Waals surface area contributed by atoms with Gasteiger partial charge in [-0.1, -0.05) is 42.5 Å². The summed E-state index contributed by atoms with van der Waals surface area (Å²) in [5.41, 5.74) is 5.99. The number of carboxylic acid groups (broad SMARTS) is 1. The molecule has 0 atom stereocenters. The van der Waals surface area contributed by atoms with Crippen molar-refractivity contribution in [3.63, 3.8) is 0 Å². The first kappa shape index (κ1) is 23.7. The molecule has 4 aromatic rings. The second-order valence-corrected chi connectivity index (χ2v) is 8.93. The lowest BCUT2D eigenvalue weighted by Crippen LogP contribution is -2.12. The smallest absolute Gasteiger partial charge is 0.335 e. The number of hydrogen-bond acceptors (Lipinski definition) is 6. The summed E-state index contributed by atoms with van der Waals surface area (Å²) in [5.74, 6) is -0.661. The van der Waals surface area contributed by atoms with E-state index >= 15 is 0 Å².